The number of tetrazole rings is 1. The number of nitrogens with one attached hydrogen (secondary N) is 1. The van der Waals surface area contributed by atoms with Gasteiger partial charge in [0.25, 0.3) is 0 Å². The Kier molecular flexibility index (Phi) is 4.62. The van der Waals surface area contributed by atoms with Gasteiger partial charge < -0.3 is 5.32 Å². The van der Waals surface area contributed by atoms with Crippen molar-refractivity contribution in [1.29, 1.82) is 0 Å². The van der Waals surface area contributed by atoms with Crippen molar-refractivity contribution >= 4 is 23.4 Å². The van der Waals surface area contributed by atoms with Crippen molar-refractivity contribution in [3.8, 4) is 5.69 Å². The van der Waals surface area contributed by atoms with Crippen LogP contribution in [0.25, 0.3) is 5.69 Å². The van der Waals surface area contributed by atoms with Crippen LogP contribution in [0.2, 0.25) is 0 Å². The second kappa shape index (κ2) is 7.01. The summed E-state index contributed by atoms with van der Waals surface area (Å²) >= 11 is 1.27. The third kappa shape index (κ3) is 3.92. The van der Waals surface area contributed by atoms with Crippen molar-refractivity contribution in [2.45, 2.75) is 12.1 Å². The van der Waals surface area contributed by atoms with Gasteiger partial charge in [0.1, 0.15) is 0 Å². The zero-order valence-corrected chi connectivity index (χ0v) is 13.2. The summed E-state index contributed by atoms with van der Waals surface area (Å²) in [6.07, 6.45) is 3.25. The summed E-state index contributed by atoms with van der Waals surface area (Å²) in [4.78, 5) is 15.9. The Morgan fingerprint density at radius 2 is 2.09 bits per heavy atom. The summed E-state index contributed by atoms with van der Waals surface area (Å²) in [6.45, 7) is 2.02. The standard InChI is InChI=1S/C15H14N6OS/c1-11-4-6-13(7-5-11)21-15(18-19-20-21)23-10-14(22)17-12-3-2-8-16-9-12/h2-9H,10H2,1H3,(H,17,22). The molecule has 1 amide bonds. The van der Waals surface area contributed by atoms with E-state index in [1.807, 2.05) is 31.2 Å². The molecule has 0 aliphatic rings. The molecule has 2 aromatic heterocycles. The Morgan fingerprint density at radius 3 is 2.83 bits per heavy atom. The molecule has 1 N–H and O–H groups in total. The monoisotopic (exact) mass is 326 g/mol. The van der Waals surface area contributed by atoms with Crippen molar-refractivity contribution in [3.05, 3.63) is 54.4 Å². The van der Waals surface area contributed by atoms with Crippen molar-refractivity contribution in [2.75, 3.05) is 11.1 Å². The Morgan fingerprint density at radius 1 is 1.26 bits per heavy atom. The van der Waals surface area contributed by atoms with Gasteiger partial charge in [-0.25, -0.2) is 0 Å². The number of anilines is 1. The Bertz CT molecular complexity index is 787. The quantitative estimate of drug-likeness (QED) is 0.723. The zero-order chi connectivity index (χ0) is 16.1. The number of hydrogen-bond acceptors (Lipinski definition) is 6. The van der Waals surface area contributed by atoms with Gasteiger partial charge in [0, 0.05) is 6.20 Å². The SMILES string of the molecule is Cc1ccc(-n2nnnc2SCC(=O)Nc2cccnc2)cc1. The molecule has 0 aliphatic carbocycles. The number of pyridine rings is 1. The van der Waals surface area contributed by atoms with Crippen LogP contribution < -0.4 is 5.32 Å². The van der Waals surface area contributed by atoms with Crippen molar-refractivity contribution < 1.29 is 4.79 Å². The molecule has 1 aromatic carbocycles. The highest BCUT2D eigenvalue weighted by Gasteiger charge is 2.11. The molecule has 0 radical (unpaired) electrons. The molecule has 3 aromatic rings. The maximum atomic E-state index is 12.0. The molecule has 0 atom stereocenters. The topological polar surface area (TPSA) is 85.6 Å². The molecule has 2 heterocycles. The lowest BCUT2D eigenvalue weighted by Crippen LogP contribution is -2.14. The smallest absolute Gasteiger partial charge is 0.234 e. The van der Waals surface area contributed by atoms with E-state index in [1.165, 1.54) is 11.8 Å². The van der Waals surface area contributed by atoms with Gasteiger partial charge in [0.05, 0.1) is 23.3 Å². The minimum atomic E-state index is -0.138. The van der Waals surface area contributed by atoms with Crippen molar-refractivity contribution in [2.24, 2.45) is 0 Å². The van der Waals surface area contributed by atoms with Crippen LogP contribution >= 0.6 is 11.8 Å². The van der Waals surface area contributed by atoms with Gasteiger partial charge in [-0.05, 0) is 41.6 Å². The number of rotatable bonds is 5. The molecule has 7 nitrogen and oxygen atoms in total. The van der Waals surface area contributed by atoms with Gasteiger partial charge in [0.2, 0.25) is 11.1 Å². The molecule has 0 unspecified atom stereocenters. The van der Waals surface area contributed by atoms with Crippen molar-refractivity contribution in [1.82, 2.24) is 25.2 Å². The first kappa shape index (κ1) is 15.2. The molecule has 8 heteroatoms. The molecular weight excluding hydrogens is 312 g/mol. The molecule has 0 spiro atoms. The second-order valence-electron chi connectivity index (χ2n) is 4.79. The molecule has 0 saturated heterocycles. The molecule has 0 bridgehead atoms. The second-order valence-corrected chi connectivity index (χ2v) is 5.73. The number of aryl methyl sites for hydroxylation is 1. The minimum Gasteiger partial charge on any atom is -0.324 e. The summed E-state index contributed by atoms with van der Waals surface area (Å²) in [6, 6.07) is 11.4. The number of thioether (sulfide) groups is 1. The van der Waals surface area contributed by atoms with Gasteiger partial charge in [-0.3, -0.25) is 9.78 Å². The Hall–Kier alpha value is -2.74. The van der Waals surface area contributed by atoms with Crippen molar-refractivity contribution in [3.63, 3.8) is 0 Å². The molecule has 116 valence electrons. The summed E-state index contributed by atoms with van der Waals surface area (Å²) in [5.74, 6) is 0.0719. The van der Waals surface area contributed by atoms with E-state index in [0.29, 0.717) is 10.8 Å². The van der Waals surface area contributed by atoms with Gasteiger partial charge >= 0.3 is 0 Å². The van der Waals surface area contributed by atoms with Crippen LogP contribution in [0.3, 0.4) is 0 Å². The minimum absolute atomic E-state index is 0.138. The predicted octanol–water partition coefficient (Wildman–Crippen LogP) is 2.10. The molecule has 23 heavy (non-hydrogen) atoms. The Balaban J connectivity index is 1.64. The summed E-state index contributed by atoms with van der Waals surface area (Å²) in [5.41, 5.74) is 2.68. The third-order valence-electron chi connectivity index (χ3n) is 3.00. The van der Waals surface area contributed by atoms with E-state index in [0.717, 1.165) is 11.3 Å². The molecule has 0 aliphatic heterocycles. The van der Waals surface area contributed by atoms with Gasteiger partial charge in [-0.15, -0.1) is 5.10 Å². The molecule has 0 saturated carbocycles. The van der Waals surface area contributed by atoms with Crippen LogP contribution in [0.4, 0.5) is 5.69 Å². The largest absolute Gasteiger partial charge is 0.324 e. The van der Waals surface area contributed by atoms with E-state index in [-0.39, 0.29) is 11.7 Å². The number of aromatic nitrogens is 5. The van der Waals surface area contributed by atoms with Crippen LogP contribution in [-0.2, 0) is 4.79 Å². The first-order chi connectivity index (χ1) is 11.2. The average molecular weight is 326 g/mol. The fraction of sp³-hybridized carbons (Fsp3) is 0.133. The number of hydrogen-bond donors (Lipinski definition) is 1. The number of benzene rings is 1. The number of amides is 1. The molecular formula is C15H14N6OS. The number of carbonyl (C=O) groups excluding carboxylic acids is 1. The molecule has 3 rings (SSSR count). The molecule has 0 fully saturated rings. The van der Waals surface area contributed by atoms with Gasteiger partial charge in [0.15, 0.2) is 0 Å². The van der Waals surface area contributed by atoms with Crippen LogP contribution in [0.5, 0.6) is 0 Å². The normalized spacial score (nSPS) is 10.5. The van der Waals surface area contributed by atoms with E-state index in [4.69, 9.17) is 0 Å². The van der Waals surface area contributed by atoms with E-state index in [9.17, 15) is 4.79 Å². The highest BCUT2D eigenvalue weighted by molar-refractivity contribution is 7.99. The van der Waals surface area contributed by atoms with Crippen LogP contribution in [-0.4, -0.2) is 36.9 Å². The van der Waals surface area contributed by atoms with Crippen LogP contribution in [0.1, 0.15) is 5.56 Å². The third-order valence-corrected chi connectivity index (χ3v) is 3.92. The average Bonchev–Trinajstić information content (AvgIpc) is 3.03. The number of carbonyl (C=O) groups is 1. The Labute approximate surface area is 137 Å². The zero-order valence-electron chi connectivity index (χ0n) is 12.4. The van der Waals surface area contributed by atoms with E-state index >= 15 is 0 Å². The van der Waals surface area contributed by atoms with Gasteiger partial charge in [-0.1, -0.05) is 29.5 Å². The van der Waals surface area contributed by atoms with Gasteiger partial charge in [-0.2, -0.15) is 4.68 Å². The highest BCUT2D eigenvalue weighted by Crippen LogP contribution is 2.18. The lowest BCUT2D eigenvalue weighted by Gasteiger charge is -2.05. The first-order valence-electron chi connectivity index (χ1n) is 6.90. The summed E-state index contributed by atoms with van der Waals surface area (Å²) in [5, 5.41) is 15.0. The fourth-order valence-electron chi connectivity index (χ4n) is 1.88. The van der Waals surface area contributed by atoms with E-state index in [1.54, 1.807) is 29.2 Å². The van der Waals surface area contributed by atoms with E-state index < -0.39 is 0 Å². The maximum Gasteiger partial charge on any atom is 0.234 e. The lowest BCUT2D eigenvalue weighted by atomic mass is 10.2. The van der Waals surface area contributed by atoms with E-state index in [2.05, 4.69) is 25.8 Å². The maximum absolute atomic E-state index is 12.0. The predicted molar refractivity (Wildman–Crippen MR) is 87.5 cm³/mol. The van der Waals surface area contributed by atoms with Crippen LogP contribution in [0.15, 0.2) is 53.9 Å². The summed E-state index contributed by atoms with van der Waals surface area (Å²) < 4.78 is 1.61. The number of nitrogens with zero attached hydrogens (tertiary/aromatic N) is 5. The lowest BCUT2D eigenvalue weighted by molar-refractivity contribution is -0.113. The highest BCUT2D eigenvalue weighted by atomic mass is 32.2. The summed E-state index contributed by atoms with van der Waals surface area (Å²) in [7, 11) is 0. The first-order valence-corrected chi connectivity index (χ1v) is 7.89. The van der Waals surface area contributed by atoms with Crippen LogP contribution in [0, 0.1) is 6.92 Å². The fourth-order valence-corrected chi connectivity index (χ4v) is 2.57.